The Morgan fingerprint density at radius 2 is 1.96 bits per heavy atom. The Hall–Kier alpha value is -3.48. The molecule has 0 saturated heterocycles. The second-order valence-electron chi connectivity index (χ2n) is 6.01. The lowest BCUT2D eigenvalue weighted by Gasteiger charge is -2.04. The maximum atomic E-state index is 12.1. The lowest BCUT2D eigenvalue weighted by molar-refractivity contribution is -0.385. The molecule has 3 rings (SSSR count). The fourth-order valence-electron chi connectivity index (χ4n) is 2.51. The highest BCUT2D eigenvalue weighted by atomic mass is 16.6. The van der Waals surface area contributed by atoms with Gasteiger partial charge in [0.1, 0.15) is 5.75 Å². The van der Waals surface area contributed by atoms with E-state index in [2.05, 4.69) is 4.99 Å². The SMILES string of the molecule is CCCOc1ccc(/C=C2\N=C(c3ccc(C)c([N+](=O)[O-])c3)OC2=O)cc1. The number of carbonyl (C=O) groups is 1. The molecule has 0 bridgehead atoms. The highest BCUT2D eigenvalue weighted by Crippen LogP contribution is 2.24. The van der Waals surface area contributed by atoms with Crippen molar-refractivity contribution in [3.8, 4) is 5.75 Å². The molecular weight excluding hydrogens is 348 g/mol. The number of hydrogen-bond donors (Lipinski definition) is 0. The summed E-state index contributed by atoms with van der Waals surface area (Å²) >= 11 is 0. The maximum absolute atomic E-state index is 12.1. The predicted octanol–water partition coefficient (Wildman–Crippen LogP) is 4.04. The van der Waals surface area contributed by atoms with E-state index in [1.807, 2.05) is 31.2 Å². The number of nitrogens with zero attached hydrogens (tertiary/aromatic N) is 2. The molecule has 0 aliphatic carbocycles. The second kappa shape index (κ2) is 7.82. The minimum absolute atomic E-state index is 0.0497. The average molecular weight is 366 g/mol. The van der Waals surface area contributed by atoms with E-state index >= 15 is 0 Å². The van der Waals surface area contributed by atoms with Gasteiger partial charge in [-0.05, 0) is 43.2 Å². The summed E-state index contributed by atoms with van der Waals surface area (Å²) in [7, 11) is 0. The monoisotopic (exact) mass is 366 g/mol. The van der Waals surface area contributed by atoms with Gasteiger partial charge in [0.15, 0.2) is 5.70 Å². The van der Waals surface area contributed by atoms with Gasteiger partial charge >= 0.3 is 5.97 Å². The molecule has 0 aromatic heterocycles. The highest BCUT2D eigenvalue weighted by molar-refractivity contribution is 6.13. The number of rotatable bonds is 6. The Morgan fingerprint density at radius 1 is 1.22 bits per heavy atom. The van der Waals surface area contributed by atoms with Crippen LogP contribution in [0.2, 0.25) is 0 Å². The normalized spacial score (nSPS) is 14.8. The fraction of sp³-hybridized carbons (Fsp3) is 0.200. The van der Waals surface area contributed by atoms with Crippen LogP contribution in [0, 0.1) is 17.0 Å². The number of benzene rings is 2. The number of nitro groups is 1. The van der Waals surface area contributed by atoms with E-state index in [9.17, 15) is 14.9 Å². The summed E-state index contributed by atoms with van der Waals surface area (Å²) in [6, 6.07) is 11.8. The molecule has 0 fully saturated rings. The van der Waals surface area contributed by atoms with Crippen molar-refractivity contribution in [3.63, 3.8) is 0 Å². The summed E-state index contributed by atoms with van der Waals surface area (Å²) in [6.45, 7) is 4.31. The Balaban J connectivity index is 1.85. The number of aliphatic imine (C=N–C) groups is 1. The van der Waals surface area contributed by atoms with Gasteiger partial charge in [0.25, 0.3) is 5.69 Å². The van der Waals surface area contributed by atoms with E-state index in [1.165, 1.54) is 6.07 Å². The van der Waals surface area contributed by atoms with Crippen molar-refractivity contribution in [3.05, 3.63) is 75.0 Å². The lowest BCUT2D eigenvalue weighted by atomic mass is 10.1. The molecule has 7 nitrogen and oxygen atoms in total. The van der Waals surface area contributed by atoms with Crippen molar-refractivity contribution in [1.82, 2.24) is 0 Å². The first kappa shape index (κ1) is 18.3. The largest absolute Gasteiger partial charge is 0.494 e. The zero-order valence-corrected chi connectivity index (χ0v) is 15.0. The van der Waals surface area contributed by atoms with E-state index in [-0.39, 0.29) is 17.3 Å². The van der Waals surface area contributed by atoms with Crippen LogP contribution in [-0.4, -0.2) is 23.4 Å². The molecule has 0 spiro atoms. The number of aryl methyl sites for hydroxylation is 1. The topological polar surface area (TPSA) is 91.0 Å². The van der Waals surface area contributed by atoms with Crippen LogP contribution in [0.5, 0.6) is 5.75 Å². The predicted molar refractivity (Wildman–Crippen MR) is 101 cm³/mol. The molecule has 0 amide bonds. The van der Waals surface area contributed by atoms with Gasteiger partial charge in [-0.1, -0.05) is 25.1 Å². The molecule has 0 saturated carbocycles. The third-order valence-corrected chi connectivity index (χ3v) is 3.93. The molecule has 2 aromatic carbocycles. The summed E-state index contributed by atoms with van der Waals surface area (Å²) in [5, 5.41) is 11.1. The fourth-order valence-corrected chi connectivity index (χ4v) is 2.51. The first-order valence-corrected chi connectivity index (χ1v) is 8.48. The molecular formula is C20H18N2O5. The van der Waals surface area contributed by atoms with Gasteiger partial charge in [-0.2, -0.15) is 0 Å². The van der Waals surface area contributed by atoms with Crippen molar-refractivity contribution in [2.75, 3.05) is 6.61 Å². The number of cyclic esters (lactones) is 1. The van der Waals surface area contributed by atoms with E-state index in [1.54, 1.807) is 25.1 Å². The van der Waals surface area contributed by atoms with E-state index in [0.29, 0.717) is 17.7 Å². The lowest BCUT2D eigenvalue weighted by Crippen LogP contribution is -2.06. The zero-order chi connectivity index (χ0) is 19.4. The Labute approximate surface area is 156 Å². The van der Waals surface area contributed by atoms with Gasteiger partial charge in [-0.15, -0.1) is 0 Å². The molecule has 27 heavy (non-hydrogen) atoms. The van der Waals surface area contributed by atoms with Crippen LogP contribution < -0.4 is 4.74 Å². The standard InChI is InChI=1S/C20H18N2O5/c1-3-10-26-16-8-5-14(6-9-16)11-17-20(23)27-19(21-17)15-7-4-13(2)18(12-15)22(24)25/h4-9,11-12H,3,10H2,1-2H3/b17-11-. The minimum atomic E-state index is -0.598. The summed E-state index contributed by atoms with van der Waals surface area (Å²) in [5.74, 6) is 0.209. The van der Waals surface area contributed by atoms with Crippen LogP contribution in [-0.2, 0) is 9.53 Å². The highest BCUT2D eigenvalue weighted by Gasteiger charge is 2.25. The molecule has 0 unspecified atom stereocenters. The van der Waals surface area contributed by atoms with Crippen LogP contribution in [0.4, 0.5) is 5.69 Å². The molecule has 1 heterocycles. The van der Waals surface area contributed by atoms with Crippen molar-refractivity contribution in [2.45, 2.75) is 20.3 Å². The van der Waals surface area contributed by atoms with Gasteiger partial charge in [0.05, 0.1) is 11.5 Å². The molecule has 138 valence electrons. The summed E-state index contributed by atoms with van der Waals surface area (Å²) in [4.78, 5) is 26.9. The first-order valence-electron chi connectivity index (χ1n) is 8.48. The maximum Gasteiger partial charge on any atom is 0.363 e. The van der Waals surface area contributed by atoms with Crippen molar-refractivity contribution in [2.24, 2.45) is 4.99 Å². The number of ether oxygens (including phenoxy) is 2. The van der Waals surface area contributed by atoms with Gasteiger partial charge in [-0.3, -0.25) is 10.1 Å². The first-order chi connectivity index (χ1) is 13.0. The quantitative estimate of drug-likeness (QED) is 0.333. The van der Waals surface area contributed by atoms with Crippen LogP contribution in [0.1, 0.15) is 30.0 Å². The van der Waals surface area contributed by atoms with E-state index < -0.39 is 10.9 Å². The molecule has 1 aliphatic heterocycles. The van der Waals surface area contributed by atoms with Crippen LogP contribution in [0.3, 0.4) is 0 Å². The molecule has 7 heteroatoms. The van der Waals surface area contributed by atoms with Crippen molar-refractivity contribution >= 4 is 23.6 Å². The number of hydrogen-bond acceptors (Lipinski definition) is 6. The second-order valence-corrected chi connectivity index (χ2v) is 6.01. The van der Waals surface area contributed by atoms with Gasteiger partial charge in [-0.25, -0.2) is 9.79 Å². The van der Waals surface area contributed by atoms with Gasteiger partial charge in [0, 0.05) is 17.2 Å². The number of nitro benzene ring substituents is 1. The Morgan fingerprint density at radius 3 is 2.63 bits per heavy atom. The van der Waals surface area contributed by atoms with E-state index in [4.69, 9.17) is 9.47 Å². The molecule has 1 aliphatic rings. The minimum Gasteiger partial charge on any atom is -0.494 e. The van der Waals surface area contributed by atoms with Crippen LogP contribution >= 0.6 is 0 Å². The van der Waals surface area contributed by atoms with Gasteiger partial charge in [0.2, 0.25) is 5.90 Å². The third kappa shape index (κ3) is 4.20. The molecule has 0 N–H and O–H groups in total. The smallest absolute Gasteiger partial charge is 0.363 e. The zero-order valence-electron chi connectivity index (χ0n) is 15.0. The summed E-state index contributed by atoms with van der Waals surface area (Å²) in [6.07, 6.45) is 2.52. The third-order valence-electron chi connectivity index (χ3n) is 3.93. The summed E-state index contributed by atoms with van der Waals surface area (Å²) in [5.41, 5.74) is 1.76. The van der Waals surface area contributed by atoms with Crippen molar-refractivity contribution < 1.29 is 19.2 Å². The number of carbonyl (C=O) groups excluding carboxylic acids is 1. The Kier molecular flexibility index (Phi) is 5.30. The van der Waals surface area contributed by atoms with Gasteiger partial charge < -0.3 is 9.47 Å². The average Bonchev–Trinajstić information content (AvgIpc) is 3.02. The molecule has 0 radical (unpaired) electrons. The Bertz CT molecular complexity index is 945. The molecule has 0 atom stereocenters. The van der Waals surface area contributed by atoms with Crippen LogP contribution in [0.15, 0.2) is 53.2 Å². The summed E-state index contributed by atoms with van der Waals surface area (Å²) < 4.78 is 10.7. The number of esters is 1. The van der Waals surface area contributed by atoms with E-state index in [0.717, 1.165) is 17.7 Å². The van der Waals surface area contributed by atoms with Crippen LogP contribution in [0.25, 0.3) is 6.08 Å². The molecule has 2 aromatic rings. The van der Waals surface area contributed by atoms with Crippen molar-refractivity contribution in [1.29, 1.82) is 0 Å².